The van der Waals surface area contributed by atoms with Crippen LogP contribution >= 0.6 is 0 Å². The van der Waals surface area contributed by atoms with Crippen LogP contribution in [0.2, 0.25) is 0 Å². The summed E-state index contributed by atoms with van der Waals surface area (Å²) in [7, 11) is 0. The largest absolute Gasteiger partial charge is 0.508 e. The van der Waals surface area contributed by atoms with Gasteiger partial charge in [-0.05, 0) is 49.3 Å². The van der Waals surface area contributed by atoms with Gasteiger partial charge in [0, 0.05) is 47.3 Å². The highest BCUT2D eigenvalue weighted by Gasteiger charge is 2.43. The highest BCUT2D eigenvalue weighted by Crippen LogP contribution is 2.34. The number of benzene rings is 2. The number of phenols is 2. The maximum Gasteiger partial charge on any atom is 0.276 e. The molecular weight excluding hydrogens is 616 g/mol. The number of hydrogen-bond donors (Lipinski definition) is 11. The number of nitrogens with one attached hydrogen (secondary N) is 3. The molecule has 2 aromatic carbocycles. The molecule has 0 spiro atoms. The van der Waals surface area contributed by atoms with Crippen LogP contribution in [0.25, 0.3) is 11.1 Å². The maximum absolute atomic E-state index is 12.5. The summed E-state index contributed by atoms with van der Waals surface area (Å²) in [5, 5.41) is 82.8. The summed E-state index contributed by atoms with van der Waals surface area (Å²) >= 11 is 0. The number of amides is 2. The molecule has 5 atom stereocenters. The third-order valence-electron chi connectivity index (χ3n) is 7.35. The predicted octanol–water partition coefficient (Wildman–Crippen LogP) is -0.373. The van der Waals surface area contributed by atoms with Gasteiger partial charge in [0.1, 0.15) is 35.9 Å². The van der Waals surface area contributed by atoms with E-state index in [0.717, 1.165) is 16.7 Å². The molecule has 4 rings (SSSR count). The predicted molar refractivity (Wildman–Crippen MR) is 173 cm³/mol. The Bertz CT molecular complexity index is 1490. The van der Waals surface area contributed by atoms with Crippen LogP contribution in [-0.4, -0.2) is 121 Å². The zero-order valence-electron chi connectivity index (χ0n) is 26.0. The third kappa shape index (κ3) is 8.73. The van der Waals surface area contributed by atoms with Crippen LogP contribution in [0.15, 0.2) is 61.2 Å². The second-order valence-electron chi connectivity index (χ2n) is 10.9. The van der Waals surface area contributed by atoms with Crippen molar-refractivity contribution in [3.63, 3.8) is 0 Å². The topological polar surface area (TPSA) is 245 Å². The molecule has 0 aromatic heterocycles. The number of anilines is 2. The summed E-state index contributed by atoms with van der Waals surface area (Å²) in [6.07, 6.45) is -5.20. The minimum atomic E-state index is -1.46. The SMILES string of the molecule is C=C(C)c1ccc(O)cc1NC1OC(CO)C(O)C(O)C1O.C=C(C1=CC(=O)N(NC(CO)CO)C1=O)c1ccc(O)cc1NCC. The fourth-order valence-corrected chi connectivity index (χ4v) is 4.81. The second-order valence-corrected chi connectivity index (χ2v) is 10.9. The van der Waals surface area contributed by atoms with Crippen molar-refractivity contribution >= 4 is 34.3 Å². The van der Waals surface area contributed by atoms with Crippen LogP contribution in [0.5, 0.6) is 11.5 Å². The number of rotatable bonds is 12. The molecule has 47 heavy (non-hydrogen) atoms. The van der Waals surface area contributed by atoms with Gasteiger partial charge in [-0.3, -0.25) is 9.59 Å². The Morgan fingerprint density at radius 3 is 2.06 bits per heavy atom. The van der Waals surface area contributed by atoms with Gasteiger partial charge in [0.05, 0.1) is 31.4 Å². The van der Waals surface area contributed by atoms with E-state index in [1.165, 1.54) is 24.3 Å². The molecule has 1 saturated heterocycles. The molecule has 0 aliphatic carbocycles. The molecule has 5 unspecified atom stereocenters. The van der Waals surface area contributed by atoms with E-state index < -0.39 is 68.3 Å². The normalized spacial score (nSPS) is 22.4. The monoisotopic (exact) mass is 658 g/mol. The molecule has 15 nitrogen and oxygen atoms in total. The molecule has 2 aliphatic rings. The number of carbonyl (C=O) groups is 2. The van der Waals surface area contributed by atoms with E-state index in [0.29, 0.717) is 34.6 Å². The lowest BCUT2D eigenvalue weighted by atomic mass is 9.97. The molecule has 0 bridgehead atoms. The molecule has 15 heteroatoms. The van der Waals surface area contributed by atoms with Crippen LogP contribution in [0.1, 0.15) is 25.0 Å². The molecule has 1 fully saturated rings. The van der Waals surface area contributed by atoms with Gasteiger partial charge >= 0.3 is 0 Å². The molecule has 2 aliphatic heterocycles. The van der Waals surface area contributed by atoms with E-state index in [1.54, 1.807) is 19.1 Å². The molecule has 2 aromatic rings. The quantitative estimate of drug-likeness (QED) is 0.130. The van der Waals surface area contributed by atoms with Crippen molar-refractivity contribution in [2.75, 3.05) is 37.0 Å². The van der Waals surface area contributed by atoms with Crippen molar-refractivity contribution in [2.24, 2.45) is 0 Å². The fraction of sp³-hybridized carbons (Fsp3) is 0.375. The zero-order chi connectivity index (χ0) is 35.0. The molecule has 11 N–H and O–H groups in total. The second kappa shape index (κ2) is 16.5. The Hall–Kier alpha value is -4.32. The van der Waals surface area contributed by atoms with Crippen molar-refractivity contribution in [2.45, 2.75) is 50.5 Å². The number of phenolic OH excluding ortho intramolecular Hbond substituents is 2. The molecule has 0 saturated carbocycles. The molecule has 2 heterocycles. The van der Waals surface area contributed by atoms with Gasteiger partial charge < -0.3 is 56.2 Å². The number of aliphatic hydroxyl groups excluding tert-OH is 6. The Morgan fingerprint density at radius 2 is 1.51 bits per heavy atom. The zero-order valence-corrected chi connectivity index (χ0v) is 26.0. The highest BCUT2D eigenvalue weighted by atomic mass is 16.6. The van der Waals surface area contributed by atoms with Crippen LogP contribution in [-0.2, 0) is 14.3 Å². The van der Waals surface area contributed by atoms with Crippen molar-refractivity contribution < 1.29 is 55.2 Å². The smallest absolute Gasteiger partial charge is 0.276 e. The summed E-state index contributed by atoms with van der Waals surface area (Å²) in [5.41, 5.74) is 5.96. The van der Waals surface area contributed by atoms with Gasteiger partial charge in [-0.2, -0.15) is 0 Å². The minimum Gasteiger partial charge on any atom is -0.508 e. The fourth-order valence-electron chi connectivity index (χ4n) is 4.81. The van der Waals surface area contributed by atoms with Crippen LogP contribution < -0.4 is 16.1 Å². The van der Waals surface area contributed by atoms with Crippen molar-refractivity contribution in [3.8, 4) is 11.5 Å². The number of ether oxygens (including phenoxy) is 1. The lowest BCUT2D eigenvalue weighted by Gasteiger charge is -2.40. The first-order chi connectivity index (χ1) is 22.3. The number of allylic oxidation sites excluding steroid dienone is 1. The minimum absolute atomic E-state index is 0.0112. The molecule has 2 amide bonds. The van der Waals surface area contributed by atoms with Crippen LogP contribution in [0.3, 0.4) is 0 Å². The van der Waals surface area contributed by atoms with E-state index in [9.17, 15) is 40.2 Å². The Kier molecular flexibility index (Phi) is 13.0. The number of aliphatic hydroxyl groups is 6. The summed E-state index contributed by atoms with van der Waals surface area (Å²) < 4.78 is 5.38. The lowest BCUT2D eigenvalue weighted by molar-refractivity contribution is -0.221. The summed E-state index contributed by atoms with van der Waals surface area (Å²) in [6, 6.07) is 8.34. The number of carbonyl (C=O) groups excluding carboxylic acids is 2. The van der Waals surface area contributed by atoms with Crippen molar-refractivity contribution in [1.29, 1.82) is 0 Å². The van der Waals surface area contributed by atoms with E-state index in [-0.39, 0.29) is 17.1 Å². The van der Waals surface area contributed by atoms with Gasteiger partial charge in [-0.25, -0.2) is 10.4 Å². The number of nitrogens with zero attached hydrogens (tertiary/aromatic N) is 1. The van der Waals surface area contributed by atoms with Crippen molar-refractivity contribution in [3.05, 3.63) is 72.3 Å². The lowest BCUT2D eigenvalue weighted by Crippen LogP contribution is -2.60. The summed E-state index contributed by atoms with van der Waals surface area (Å²) in [6.45, 7) is 10.6. The Labute approximate surface area is 271 Å². The summed E-state index contributed by atoms with van der Waals surface area (Å²) in [5.74, 6) is -1.17. The van der Waals surface area contributed by atoms with E-state index in [4.69, 9.17) is 14.9 Å². The highest BCUT2D eigenvalue weighted by molar-refractivity contribution is 6.23. The van der Waals surface area contributed by atoms with Gasteiger partial charge in [-0.1, -0.05) is 13.2 Å². The van der Waals surface area contributed by atoms with Gasteiger partial charge in [0.2, 0.25) is 0 Å². The van der Waals surface area contributed by atoms with Crippen molar-refractivity contribution in [1.82, 2.24) is 10.4 Å². The number of hydrogen-bond acceptors (Lipinski definition) is 14. The first-order valence-electron chi connectivity index (χ1n) is 14.7. The standard InChI is InChI=1S/C17H21N3O5.C15H21NO6/c1-3-18-15-6-12(23)4-5-13(15)10(2)14-7-16(24)20(17(14)25)19-11(8-21)9-22;1-7(2)9-4-3-8(18)5-10(9)16-15-14(21)13(20)12(19)11(6-17)22-15/h4-7,11,18-19,21-23H,2-3,8-9H2,1H3;3-5,11-21H,1,6H2,2H3. The first-order valence-corrected chi connectivity index (χ1v) is 14.7. The van der Waals surface area contributed by atoms with Crippen LogP contribution in [0, 0.1) is 0 Å². The number of aromatic hydroxyl groups is 2. The van der Waals surface area contributed by atoms with E-state index in [1.807, 2.05) is 6.92 Å². The van der Waals surface area contributed by atoms with Gasteiger partial charge in [0.15, 0.2) is 6.23 Å². The first kappa shape index (κ1) is 37.1. The maximum atomic E-state index is 12.5. The average Bonchev–Trinajstić information content (AvgIpc) is 3.32. The number of hydrazine groups is 1. The Morgan fingerprint density at radius 1 is 0.915 bits per heavy atom. The number of imide groups is 1. The van der Waals surface area contributed by atoms with E-state index in [2.05, 4.69) is 29.2 Å². The Balaban J connectivity index is 0.000000257. The average molecular weight is 659 g/mol. The van der Waals surface area contributed by atoms with E-state index >= 15 is 0 Å². The van der Waals surface area contributed by atoms with Gasteiger partial charge in [-0.15, -0.1) is 0 Å². The molecule has 0 radical (unpaired) electrons. The molecule has 256 valence electrons. The van der Waals surface area contributed by atoms with Crippen LogP contribution in [0.4, 0.5) is 11.4 Å². The third-order valence-corrected chi connectivity index (χ3v) is 7.35. The summed E-state index contributed by atoms with van der Waals surface area (Å²) in [4.78, 5) is 24.6. The molecular formula is C32H42N4O11. The van der Waals surface area contributed by atoms with Gasteiger partial charge in [0.25, 0.3) is 11.8 Å².